The highest BCUT2D eigenvalue weighted by molar-refractivity contribution is 7.89. The van der Waals surface area contributed by atoms with Crippen LogP contribution in [0.2, 0.25) is 0 Å². The molecule has 146 valence electrons. The highest BCUT2D eigenvalue weighted by atomic mass is 32.2. The van der Waals surface area contributed by atoms with Gasteiger partial charge in [0, 0.05) is 20.0 Å². The van der Waals surface area contributed by atoms with Crippen molar-refractivity contribution < 1.29 is 27.1 Å². The molecule has 1 unspecified atom stereocenters. The molecule has 1 fully saturated rings. The predicted octanol–water partition coefficient (Wildman–Crippen LogP) is 1.53. The third-order valence-electron chi connectivity index (χ3n) is 4.32. The van der Waals surface area contributed by atoms with Gasteiger partial charge < -0.3 is 13.9 Å². The molecule has 0 N–H and O–H groups in total. The first-order valence-corrected chi connectivity index (χ1v) is 9.94. The van der Waals surface area contributed by atoms with Crippen molar-refractivity contribution in [3.05, 3.63) is 36.0 Å². The van der Waals surface area contributed by atoms with Crippen molar-refractivity contribution in [3.8, 4) is 5.75 Å². The number of ether oxygens (including phenoxy) is 2. The maximum atomic E-state index is 12.8. The topological polar surface area (TPSA) is 112 Å². The molecule has 1 aromatic carbocycles. The van der Waals surface area contributed by atoms with Crippen LogP contribution in [-0.4, -0.2) is 49.1 Å². The van der Waals surface area contributed by atoms with Crippen LogP contribution in [0.5, 0.6) is 5.75 Å². The molecule has 0 radical (unpaired) electrons. The zero-order valence-electron chi connectivity index (χ0n) is 15.1. The molecule has 0 spiro atoms. The molecule has 2 aromatic rings. The molecular formula is C17H21N3O6S. The number of esters is 1. The normalized spacial score (nSPS) is 18.2. The minimum atomic E-state index is -3.69. The summed E-state index contributed by atoms with van der Waals surface area (Å²) in [7, 11) is -2.17. The van der Waals surface area contributed by atoms with E-state index >= 15 is 0 Å². The van der Waals surface area contributed by atoms with Gasteiger partial charge in [0.1, 0.15) is 5.75 Å². The molecule has 0 amide bonds. The van der Waals surface area contributed by atoms with E-state index in [1.54, 1.807) is 19.1 Å². The number of nitrogens with zero attached hydrogens (tertiary/aromatic N) is 3. The fraction of sp³-hybridized carbons (Fsp3) is 0.471. The van der Waals surface area contributed by atoms with E-state index in [0.717, 1.165) is 0 Å². The third-order valence-corrected chi connectivity index (χ3v) is 6.20. The largest absolute Gasteiger partial charge is 0.497 e. The summed E-state index contributed by atoms with van der Waals surface area (Å²) < 4.78 is 42.4. The van der Waals surface area contributed by atoms with Crippen molar-refractivity contribution in [1.82, 2.24) is 14.5 Å². The van der Waals surface area contributed by atoms with Gasteiger partial charge in [-0.3, -0.25) is 4.79 Å². The van der Waals surface area contributed by atoms with Crippen LogP contribution in [0.1, 0.15) is 24.6 Å². The van der Waals surface area contributed by atoms with Crippen molar-refractivity contribution in [2.45, 2.75) is 31.3 Å². The summed E-state index contributed by atoms with van der Waals surface area (Å²) in [5.74, 6) is 0.163. The molecule has 1 saturated heterocycles. The maximum Gasteiger partial charge on any atom is 0.310 e. The van der Waals surface area contributed by atoms with Crippen LogP contribution >= 0.6 is 0 Å². The van der Waals surface area contributed by atoms with Crippen LogP contribution in [0.15, 0.2) is 33.6 Å². The smallest absolute Gasteiger partial charge is 0.310 e. The third kappa shape index (κ3) is 4.45. The Kier molecular flexibility index (Phi) is 5.76. The van der Waals surface area contributed by atoms with Gasteiger partial charge in [-0.25, -0.2) is 8.42 Å². The Balaban J connectivity index is 1.64. The molecule has 1 aromatic heterocycles. The van der Waals surface area contributed by atoms with E-state index in [1.807, 2.05) is 0 Å². The van der Waals surface area contributed by atoms with E-state index in [4.69, 9.17) is 13.9 Å². The predicted molar refractivity (Wildman–Crippen MR) is 93.3 cm³/mol. The average molecular weight is 395 g/mol. The Morgan fingerprint density at radius 2 is 2.04 bits per heavy atom. The number of piperidine rings is 1. The number of methoxy groups -OCH3 is 1. The number of aromatic nitrogens is 2. The first-order valence-electron chi connectivity index (χ1n) is 8.50. The minimum absolute atomic E-state index is 0.0794. The Bertz CT molecular complexity index is 894. The molecule has 27 heavy (non-hydrogen) atoms. The molecule has 0 saturated carbocycles. The Morgan fingerprint density at radius 3 is 2.67 bits per heavy atom. The van der Waals surface area contributed by atoms with Gasteiger partial charge in [-0.1, -0.05) is 0 Å². The number of aryl methyl sites for hydroxylation is 1. The number of hydrogen-bond donors (Lipinski definition) is 0. The van der Waals surface area contributed by atoms with Crippen molar-refractivity contribution in [2.24, 2.45) is 5.92 Å². The van der Waals surface area contributed by atoms with Crippen LogP contribution in [0.4, 0.5) is 0 Å². The van der Waals surface area contributed by atoms with Gasteiger partial charge in [-0.2, -0.15) is 4.31 Å². The molecule has 0 bridgehead atoms. The summed E-state index contributed by atoms with van der Waals surface area (Å²) in [6, 6.07) is 6.17. The minimum Gasteiger partial charge on any atom is -0.497 e. The second kappa shape index (κ2) is 8.05. The molecule has 1 aliphatic rings. The summed E-state index contributed by atoms with van der Waals surface area (Å²) in [4.78, 5) is 12.5. The van der Waals surface area contributed by atoms with Crippen LogP contribution in [0.25, 0.3) is 0 Å². The van der Waals surface area contributed by atoms with E-state index in [-0.39, 0.29) is 23.9 Å². The Morgan fingerprint density at radius 1 is 1.30 bits per heavy atom. The average Bonchev–Trinajstić information content (AvgIpc) is 3.11. The summed E-state index contributed by atoms with van der Waals surface area (Å²) in [5.41, 5.74) is 0. The summed E-state index contributed by atoms with van der Waals surface area (Å²) in [6.07, 6.45) is 1.14. The molecule has 10 heteroatoms. The van der Waals surface area contributed by atoms with E-state index in [9.17, 15) is 13.2 Å². The van der Waals surface area contributed by atoms with Crippen molar-refractivity contribution >= 4 is 16.0 Å². The second-order valence-corrected chi connectivity index (χ2v) is 8.14. The molecular weight excluding hydrogens is 374 g/mol. The summed E-state index contributed by atoms with van der Waals surface area (Å²) >= 11 is 0. The van der Waals surface area contributed by atoms with Crippen LogP contribution in [0.3, 0.4) is 0 Å². The highest BCUT2D eigenvalue weighted by Gasteiger charge is 2.34. The quantitative estimate of drug-likeness (QED) is 0.677. The number of sulfonamides is 1. The van der Waals surface area contributed by atoms with Gasteiger partial charge in [-0.05, 0) is 37.1 Å². The Labute approximate surface area is 157 Å². The van der Waals surface area contributed by atoms with Gasteiger partial charge in [0.25, 0.3) is 5.89 Å². The first kappa shape index (κ1) is 19.3. The van der Waals surface area contributed by atoms with Gasteiger partial charge >= 0.3 is 5.97 Å². The van der Waals surface area contributed by atoms with Crippen LogP contribution in [-0.2, 0) is 26.2 Å². The van der Waals surface area contributed by atoms with Crippen LogP contribution in [0, 0.1) is 12.8 Å². The lowest BCUT2D eigenvalue weighted by atomic mass is 10.0. The molecule has 3 rings (SSSR count). The van der Waals surface area contributed by atoms with E-state index < -0.39 is 21.9 Å². The molecule has 1 aliphatic heterocycles. The first-order chi connectivity index (χ1) is 12.9. The van der Waals surface area contributed by atoms with Gasteiger partial charge in [0.15, 0.2) is 6.61 Å². The van der Waals surface area contributed by atoms with Crippen molar-refractivity contribution in [2.75, 3.05) is 20.2 Å². The van der Waals surface area contributed by atoms with E-state index in [1.165, 1.54) is 23.5 Å². The van der Waals surface area contributed by atoms with Gasteiger partial charge in [0.2, 0.25) is 15.9 Å². The lowest BCUT2D eigenvalue weighted by Gasteiger charge is -2.30. The van der Waals surface area contributed by atoms with E-state index in [2.05, 4.69) is 10.2 Å². The maximum absolute atomic E-state index is 12.8. The van der Waals surface area contributed by atoms with Gasteiger partial charge in [-0.15, -0.1) is 10.2 Å². The number of carbonyl (C=O) groups excluding carboxylic acids is 1. The highest BCUT2D eigenvalue weighted by Crippen LogP contribution is 2.26. The lowest BCUT2D eigenvalue weighted by Crippen LogP contribution is -2.42. The second-order valence-electron chi connectivity index (χ2n) is 6.20. The van der Waals surface area contributed by atoms with E-state index in [0.29, 0.717) is 31.0 Å². The molecule has 2 heterocycles. The van der Waals surface area contributed by atoms with Crippen molar-refractivity contribution in [1.29, 1.82) is 0 Å². The zero-order valence-corrected chi connectivity index (χ0v) is 15.9. The zero-order chi connectivity index (χ0) is 19.4. The Hall–Kier alpha value is -2.46. The SMILES string of the molecule is COc1ccc(S(=O)(=O)N2CCCC(C(=O)OCc3nnc(C)o3)C2)cc1. The summed E-state index contributed by atoms with van der Waals surface area (Å²) in [5, 5.41) is 7.42. The van der Waals surface area contributed by atoms with Crippen molar-refractivity contribution in [3.63, 3.8) is 0 Å². The fourth-order valence-corrected chi connectivity index (χ4v) is 4.42. The lowest BCUT2D eigenvalue weighted by molar-refractivity contribution is -0.151. The number of carbonyl (C=O) groups is 1. The molecule has 0 aliphatic carbocycles. The number of hydrogen-bond acceptors (Lipinski definition) is 8. The standard InChI is InChI=1S/C17H21N3O6S/c1-12-18-19-16(26-12)11-25-17(21)13-4-3-9-20(10-13)27(22,23)15-7-5-14(24-2)6-8-15/h5-8,13H,3-4,9-11H2,1-2H3. The number of rotatable bonds is 6. The van der Waals surface area contributed by atoms with Crippen LogP contribution < -0.4 is 4.74 Å². The molecule has 9 nitrogen and oxygen atoms in total. The number of benzene rings is 1. The van der Waals surface area contributed by atoms with Gasteiger partial charge in [0.05, 0.1) is 17.9 Å². The molecule has 1 atom stereocenters. The summed E-state index contributed by atoms with van der Waals surface area (Å²) in [6.45, 7) is 1.96. The monoisotopic (exact) mass is 395 g/mol. The fourth-order valence-electron chi connectivity index (χ4n) is 2.90.